The van der Waals surface area contributed by atoms with Crippen molar-refractivity contribution in [2.24, 2.45) is 0 Å². The van der Waals surface area contributed by atoms with Gasteiger partial charge >= 0.3 is 0 Å². The molecule has 2 aliphatic rings. The molecule has 3 aromatic rings. The molecule has 5 rings (SSSR count). The summed E-state index contributed by atoms with van der Waals surface area (Å²) < 4.78 is 0. The number of nitrogens with one attached hydrogen (secondary N) is 1. The molecule has 4 nitrogen and oxygen atoms in total. The number of benzene rings is 1. The van der Waals surface area contributed by atoms with E-state index in [0.29, 0.717) is 6.04 Å². The van der Waals surface area contributed by atoms with E-state index in [-0.39, 0.29) is 0 Å². The maximum Gasteiger partial charge on any atom is 0.138 e. The van der Waals surface area contributed by atoms with E-state index in [1.54, 1.807) is 17.7 Å². The maximum absolute atomic E-state index is 4.61. The molecule has 1 N–H and O–H groups in total. The number of hydrogen-bond donors (Lipinski definition) is 1. The average Bonchev–Trinajstić information content (AvgIpc) is 3.21. The second-order valence-electron chi connectivity index (χ2n) is 8.19. The molecule has 146 valence electrons. The van der Waals surface area contributed by atoms with Crippen LogP contribution in [0, 0.1) is 0 Å². The number of likely N-dealkylation sites (tertiary alicyclic amines) is 1. The third-order valence-electron chi connectivity index (χ3n) is 6.27. The third kappa shape index (κ3) is 3.78. The Morgan fingerprint density at radius 1 is 0.964 bits per heavy atom. The molecule has 1 unspecified atom stereocenters. The van der Waals surface area contributed by atoms with Gasteiger partial charge in [0.2, 0.25) is 0 Å². The van der Waals surface area contributed by atoms with Crippen molar-refractivity contribution in [1.82, 2.24) is 14.9 Å². The molecule has 0 amide bonds. The van der Waals surface area contributed by atoms with Crippen molar-refractivity contribution in [1.29, 1.82) is 0 Å². The molecule has 0 spiro atoms. The molecule has 2 aromatic heterocycles. The summed E-state index contributed by atoms with van der Waals surface area (Å²) in [5, 5.41) is 4.93. The fourth-order valence-corrected chi connectivity index (χ4v) is 5.82. The number of aromatic nitrogens is 2. The number of rotatable bonds is 4. The molecule has 1 saturated heterocycles. The smallest absolute Gasteiger partial charge is 0.138 e. The topological polar surface area (TPSA) is 41.0 Å². The van der Waals surface area contributed by atoms with Gasteiger partial charge in [-0.3, -0.25) is 4.90 Å². The lowest BCUT2D eigenvalue weighted by molar-refractivity contribution is 0.124. The quantitative estimate of drug-likeness (QED) is 0.630. The Hall–Kier alpha value is -1.98. The van der Waals surface area contributed by atoms with Crippen LogP contribution in [0.25, 0.3) is 20.7 Å². The molecule has 0 radical (unpaired) electrons. The van der Waals surface area contributed by atoms with Crippen LogP contribution in [-0.2, 0) is 0 Å². The van der Waals surface area contributed by atoms with Gasteiger partial charge in [0.05, 0.1) is 5.39 Å². The summed E-state index contributed by atoms with van der Waals surface area (Å²) in [5.74, 6) is 0.999. The molecule has 5 heteroatoms. The fraction of sp³-hybridized carbons (Fsp3) is 0.478. The Morgan fingerprint density at radius 3 is 2.68 bits per heavy atom. The van der Waals surface area contributed by atoms with Crippen LogP contribution in [0.3, 0.4) is 0 Å². The van der Waals surface area contributed by atoms with E-state index in [2.05, 4.69) is 56.6 Å². The minimum atomic E-state index is 0.480. The van der Waals surface area contributed by atoms with E-state index in [9.17, 15) is 0 Å². The number of hydrogen-bond acceptors (Lipinski definition) is 5. The molecule has 28 heavy (non-hydrogen) atoms. The zero-order valence-electron chi connectivity index (χ0n) is 16.3. The highest BCUT2D eigenvalue weighted by atomic mass is 32.1. The lowest BCUT2D eigenvalue weighted by atomic mass is 9.92. The Balaban J connectivity index is 1.35. The fourth-order valence-electron chi connectivity index (χ4n) is 4.81. The largest absolute Gasteiger partial charge is 0.365 e. The predicted octanol–water partition coefficient (Wildman–Crippen LogP) is 5.57. The van der Waals surface area contributed by atoms with Crippen molar-refractivity contribution in [3.8, 4) is 10.4 Å². The summed E-state index contributed by atoms with van der Waals surface area (Å²) in [6.45, 7) is 2.41. The van der Waals surface area contributed by atoms with Crippen LogP contribution < -0.4 is 5.32 Å². The highest BCUT2D eigenvalue weighted by Crippen LogP contribution is 2.35. The van der Waals surface area contributed by atoms with Crippen molar-refractivity contribution >= 4 is 27.4 Å². The first kappa shape index (κ1) is 18.1. The lowest BCUT2D eigenvalue weighted by Crippen LogP contribution is -2.47. The van der Waals surface area contributed by atoms with E-state index in [1.165, 1.54) is 61.9 Å². The van der Waals surface area contributed by atoms with Crippen molar-refractivity contribution in [2.45, 2.75) is 57.0 Å². The first-order chi connectivity index (χ1) is 13.9. The van der Waals surface area contributed by atoms with Gasteiger partial charge in [0.1, 0.15) is 17.0 Å². The van der Waals surface area contributed by atoms with Crippen LogP contribution >= 0.6 is 11.3 Å². The van der Waals surface area contributed by atoms with Gasteiger partial charge in [0.25, 0.3) is 0 Å². The molecule has 1 aliphatic heterocycles. The molecule has 3 heterocycles. The van der Waals surface area contributed by atoms with Gasteiger partial charge in [-0.15, -0.1) is 11.3 Å². The zero-order valence-corrected chi connectivity index (χ0v) is 17.1. The highest BCUT2D eigenvalue weighted by Gasteiger charge is 2.27. The number of fused-ring (bicyclic) bond motifs is 1. The molecule has 1 atom stereocenters. The first-order valence-corrected chi connectivity index (χ1v) is 11.5. The molecule has 2 fully saturated rings. The van der Waals surface area contributed by atoms with Crippen LogP contribution in [0.5, 0.6) is 0 Å². The summed E-state index contributed by atoms with van der Waals surface area (Å²) in [6, 6.07) is 14.1. The number of piperidine rings is 1. The third-order valence-corrected chi connectivity index (χ3v) is 7.36. The van der Waals surface area contributed by atoms with Gasteiger partial charge < -0.3 is 5.32 Å². The second kappa shape index (κ2) is 8.18. The van der Waals surface area contributed by atoms with Crippen LogP contribution in [0.2, 0.25) is 0 Å². The normalized spacial score (nSPS) is 21.8. The SMILES string of the molecule is c1ccc(-c2cc3c(NC4CCCN(C5CCCCC5)C4)ncnc3s2)cc1. The van der Waals surface area contributed by atoms with Gasteiger partial charge in [-0.2, -0.15) is 0 Å². The van der Waals surface area contributed by atoms with Gasteiger partial charge in [-0.05, 0) is 43.9 Å². The predicted molar refractivity (Wildman–Crippen MR) is 118 cm³/mol. The summed E-state index contributed by atoms with van der Waals surface area (Å²) in [6.07, 6.45) is 11.2. The molecule has 0 bridgehead atoms. The molecule has 1 saturated carbocycles. The Labute approximate surface area is 171 Å². The van der Waals surface area contributed by atoms with Crippen molar-refractivity contribution in [2.75, 3.05) is 18.4 Å². The van der Waals surface area contributed by atoms with Crippen LogP contribution in [0.4, 0.5) is 5.82 Å². The van der Waals surface area contributed by atoms with Crippen LogP contribution in [0.1, 0.15) is 44.9 Å². The van der Waals surface area contributed by atoms with E-state index < -0.39 is 0 Å². The lowest BCUT2D eigenvalue weighted by Gasteiger charge is -2.40. The van der Waals surface area contributed by atoms with Gasteiger partial charge in [0.15, 0.2) is 0 Å². The van der Waals surface area contributed by atoms with Gasteiger partial charge in [-0.25, -0.2) is 9.97 Å². The average molecular weight is 393 g/mol. The second-order valence-corrected chi connectivity index (χ2v) is 9.22. The summed E-state index contributed by atoms with van der Waals surface area (Å²) in [5.41, 5.74) is 1.25. The van der Waals surface area contributed by atoms with Crippen LogP contribution in [-0.4, -0.2) is 40.0 Å². The minimum Gasteiger partial charge on any atom is -0.365 e. The summed E-state index contributed by atoms with van der Waals surface area (Å²) >= 11 is 1.75. The number of thiophene rings is 1. The Kier molecular flexibility index (Phi) is 5.28. The van der Waals surface area contributed by atoms with Crippen LogP contribution in [0.15, 0.2) is 42.7 Å². The zero-order chi connectivity index (χ0) is 18.8. The van der Waals surface area contributed by atoms with Gasteiger partial charge in [-0.1, -0.05) is 49.6 Å². The summed E-state index contributed by atoms with van der Waals surface area (Å²) in [7, 11) is 0. The first-order valence-electron chi connectivity index (χ1n) is 10.7. The monoisotopic (exact) mass is 392 g/mol. The highest BCUT2D eigenvalue weighted by molar-refractivity contribution is 7.21. The number of anilines is 1. The Bertz CT molecular complexity index is 917. The number of nitrogens with zero attached hydrogens (tertiary/aromatic N) is 3. The van der Waals surface area contributed by atoms with Gasteiger partial charge in [0, 0.05) is 23.5 Å². The van der Waals surface area contributed by atoms with E-state index in [0.717, 1.165) is 28.6 Å². The van der Waals surface area contributed by atoms with Crippen molar-refractivity contribution in [3.05, 3.63) is 42.7 Å². The standard InChI is InChI=1S/C23H28N4S/c1-3-8-17(9-4-1)21-14-20-22(24-16-25-23(20)28-21)26-18-10-7-13-27(15-18)19-11-5-2-6-12-19/h1,3-4,8-9,14,16,18-19H,2,5-7,10-13,15H2,(H,24,25,26). The van der Waals surface area contributed by atoms with E-state index in [4.69, 9.17) is 0 Å². The molecule has 1 aromatic carbocycles. The van der Waals surface area contributed by atoms with E-state index >= 15 is 0 Å². The van der Waals surface area contributed by atoms with Crippen molar-refractivity contribution in [3.63, 3.8) is 0 Å². The van der Waals surface area contributed by atoms with Crippen molar-refractivity contribution < 1.29 is 0 Å². The molecule has 1 aliphatic carbocycles. The summed E-state index contributed by atoms with van der Waals surface area (Å²) in [4.78, 5) is 14.2. The minimum absolute atomic E-state index is 0.480. The molecular weight excluding hydrogens is 364 g/mol. The van der Waals surface area contributed by atoms with E-state index in [1.807, 2.05) is 0 Å². The maximum atomic E-state index is 4.61. The molecular formula is C23H28N4S. The Morgan fingerprint density at radius 2 is 1.82 bits per heavy atom.